The minimum Gasteiger partial charge on any atom is -0.426 e. The standard InChI is InChI=1S/C18H20O2/c1-6-8-12-18(4,5)16-10-11-17(20-14(3)19)15(13-16)9-7-2/h6-7,10-11,13H,1-2,9H2,3-5H3. The second-order valence-corrected chi connectivity index (χ2v) is 5.01. The average molecular weight is 268 g/mol. The highest BCUT2D eigenvalue weighted by Crippen LogP contribution is 2.28. The van der Waals surface area contributed by atoms with Crippen LogP contribution < -0.4 is 4.74 Å². The zero-order chi connectivity index (χ0) is 15.2. The molecule has 0 aliphatic carbocycles. The minimum absolute atomic E-state index is 0.293. The number of carbonyl (C=O) groups is 1. The van der Waals surface area contributed by atoms with Gasteiger partial charge in [-0.05, 0) is 43.5 Å². The zero-order valence-electron chi connectivity index (χ0n) is 12.3. The van der Waals surface area contributed by atoms with Gasteiger partial charge in [0.05, 0.1) is 5.41 Å². The lowest BCUT2D eigenvalue weighted by atomic mass is 9.84. The van der Waals surface area contributed by atoms with E-state index in [1.54, 1.807) is 12.2 Å². The van der Waals surface area contributed by atoms with Crippen molar-refractivity contribution in [2.45, 2.75) is 32.6 Å². The molecule has 0 unspecified atom stereocenters. The third-order valence-electron chi connectivity index (χ3n) is 2.89. The molecule has 2 nitrogen and oxygen atoms in total. The Bertz CT molecular complexity index is 583. The number of allylic oxidation sites excluding steroid dienone is 2. The SMILES string of the molecule is C=CC#CC(C)(C)c1ccc(OC(C)=O)c(CC=C)c1. The molecule has 1 rings (SSSR count). The van der Waals surface area contributed by atoms with Crippen molar-refractivity contribution in [2.75, 3.05) is 0 Å². The molecule has 0 N–H and O–H groups in total. The van der Waals surface area contributed by atoms with Gasteiger partial charge in [0, 0.05) is 6.92 Å². The van der Waals surface area contributed by atoms with Crippen LogP contribution in [0.15, 0.2) is 43.5 Å². The molecule has 104 valence electrons. The van der Waals surface area contributed by atoms with Crippen molar-refractivity contribution >= 4 is 5.97 Å². The van der Waals surface area contributed by atoms with Gasteiger partial charge >= 0.3 is 5.97 Å². The zero-order valence-corrected chi connectivity index (χ0v) is 12.3. The van der Waals surface area contributed by atoms with Gasteiger partial charge in [-0.2, -0.15) is 0 Å². The highest BCUT2D eigenvalue weighted by atomic mass is 16.5. The van der Waals surface area contributed by atoms with Crippen LogP contribution in [0.25, 0.3) is 0 Å². The molecule has 2 heteroatoms. The van der Waals surface area contributed by atoms with Crippen LogP contribution in [0.5, 0.6) is 5.75 Å². The van der Waals surface area contributed by atoms with Crippen molar-refractivity contribution < 1.29 is 9.53 Å². The molecule has 0 aromatic heterocycles. The first-order valence-corrected chi connectivity index (χ1v) is 6.47. The van der Waals surface area contributed by atoms with Crippen LogP contribution in [-0.2, 0) is 16.6 Å². The molecule has 0 radical (unpaired) electrons. The van der Waals surface area contributed by atoms with Crippen LogP contribution in [0.2, 0.25) is 0 Å². The number of ether oxygens (including phenoxy) is 1. The van der Waals surface area contributed by atoms with Crippen LogP contribution in [-0.4, -0.2) is 5.97 Å². The molecule has 0 atom stereocenters. The van der Waals surface area contributed by atoms with E-state index < -0.39 is 0 Å². The Labute approximate surface area is 121 Å². The summed E-state index contributed by atoms with van der Waals surface area (Å²) < 4.78 is 5.21. The van der Waals surface area contributed by atoms with Crippen molar-refractivity contribution in [3.63, 3.8) is 0 Å². The molecule has 0 spiro atoms. The van der Waals surface area contributed by atoms with Gasteiger partial charge in [-0.3, -0.25) is 4.79 Å². The highest BCUT2D eigenvalue weighted by Gasteiger charge is 2.19. The molecular weight excluding hydrogens is 248 g/mol. The van der Waals surface area contributed by atoms with Crippen LogP contribution in [0.4, 0.5) is 0 Å². The maximum absolute atomic E-state index is 11.1. The number of rotatable bonds is 4. The van der Waals surface area contributed by atoms with Gasteiger partial charge in [-0.15, -0.1) is 6.58 Å². The molecule has 0 aliphatic heterocycles. The summed E-state index contributed by atoms with van der Waals surface area (Å²) in [6, 6.07) is 5.76. The predicted molar refractivity (Wildman–Crippen MR) is 82.7 cm³/mol. The van der Waals surface area contributed by atoms with Gasteiger partial charge in [-0.1, -0.05) is 36.6 Å². The summed E-state index contributed by atoms with van der Waals surface area (Å²) in [5.74, 6) is 6.30. The Morgan fingerprint density at radius 3 is 2.65 bits per heavy atom. The van der Waals surface area contributed by atoms with Crippen molar-refractivity contribution in [1.82, 2.24) is 0 Å². The van der Waals surface area contributed by atoms with Gasteiger partial charge in [0.1, 0.15) is 5.75 Å². The van der Waals surface area contributed by atoms with Gasteiger partial charge in [-0.25, -0.2) is 0 Å². The average Bonchev–Trinajstić information content (AvgIpc) is 2.38. The maximum Gasteiger partial charge on any atom is 0.308 e. The fourth-order valence-electron chi connectivity index (χ4n) is 1.84. The van der Waals surface area contributed by atoms with E-state index >= 15 is 0 Å². The molecule has 0 aliphatic rings. The summed E-state index contributed by atoms with van der Waals surface area (Å²) in [7, 11) is 0. The third kappa shape index (κ3) is 4.13. The molecule has 0 fully saturated rings. The van der Waals surface area contributed by atoms with E-state index in [1.165, 1.54) is 6.92 Å². The molecule has 0 bridgehead atoms. The first-order chi connectivity index (χ1) is 9.40. The van der Waals surface area contributed by atoms with Crippen molar-refractivity contribution in [2.24, 2.45) is 0 Å². The third-order valence-corrected chi connectivity index (χ3v) is 2.89. The Balaban J connectivity index is 3.24. The summed E-state index contributed by atoms with van der Waals surface area (Å²) in [6.45, 7) is 12.8. The molecule has 0 saturated carbocycles. The monoisotopic (exact) mass is 268 g/mol. The van der Waals surface area contributed by atoms with Gasteiger partial charge in [0.15, 0.2) is 0 Å². The van der Waals surface area contributed by atoms with Gasteiger partial charge in [0.25, 0.3) is 0 Å². The molecule has 0 saturated heterocycles. The molecule has 0 amide bonds. The van der Waals surface area contributed by atoms with Crippen LogP contribution >= 0.6 is 0 Å². The summed E-state index contributed by atoms with van der Waals surface area (Å²) in [4.78, 5) is 11.1. The Morgan fingerprint density at radius 2 is 2.10 bits per heavy atom. The molecule has 1 aromatic rings. The normalized spacial score (nSPS) is 10.2. The lowest BCUT2D eigenvalue weighted by Gasteiger charge is -2.20. The molecule has 20 heavy (non-hydrogen) atoms. The lowest BCUT2D eigenvalue weighted by molar-refractivity contribution is -0.131. The van der Waals surface area contributed by atoms with E-state index in [4.69, 9.17) is 4.74 Å². The van der Waals surface area contributed by atoms with Crippen molar-refractivity contribution in [3.05, 3.63) is 54.6 Å². The van der Waals surface area contributed by atoms with E-state index in [-0.39, 0.29) is 11.4 Å². The highest BCUT2D eigenvalue weighted by molar-refractivity contribution is 5.70. The van der Waals surface area contributed by atoms with Crippen LogP contribution in [0.1, 0.15) is 31.9 Å². The largest absolute Gasteiger partial charge is 0.426 e. The fraction of sp³-hybridized carbons (Fsp3) is 0.278. The van der Waals surface area contributed by atoms with Crippen molar-refractivity contribution in [1.29, 1.82) is 0 Å². The van der Waals surface area contributed by atoms with E-state index in [1.807, 2.05) is 32.0 Å². The Morgan fingerprint density at radius 1 is 1.40 bits per heavy atom. The van der Waals surface area contributed by atoms with Crippen molar-refractivity contribution in [3.8, 4) is 17.6 Å². The fourth-order valence-corrected chi connectivity index (χ4v) is 1.84. The maximum atomic E-state index is 11.1. The molecule has 0 heterocycles. The lowest BCUT2D eigenvalue weighted by Crippen LogP contribution is -2.15. The van der Waals surface area contributed by atoms with Gasteiger partial charge in [0.2, 0.25) is 0 Å². The Hall–Kier alpha value is -2.27. The number of hydrogen-bond acceptors (Lipinski definition) is 2. The predicted octanol–water partition coefficient (Wildman–Crippen LogP) is 3.81. The minimum atomic E-state index is -0.325. The second-order valence-electron chi connectivity index (χ2n) is 5.01. The Kier molecular flexibility index (Phi) is 5.34. The topological polar surface area (TPSA) is 26.3 Å². The number of carbonyl (C=O) groups excluding carboxylic acids is 1. The molecule has 1 aromatic carbocycles. The number of hydrogen-bond donors (Lipinski definition) is 0. The first kappa shape index (κ1) is 15.8. The van der Waals surface area contributed by atoms with Crippen LogP contribution in [0.3, 0.4) is 0 Å². The number of benzene rings is 1. The van der Waals surface area contributed by atoms with Gasteiger partial charge < -0.3 is 4.74 Å². The van der Waals surface area contributed by atoms with E-state index in [0.717, 1.165) is 11.1 Å². The summed E-state index contributed by atoms with van der Waals surface area (Å²) in [5, 5.41) is 0. The summed E-state index contributed by atoms with van der Waals surface area (Å²) >= 11 is 0. The van der Waals surface area contributed by atoms with E-state index in [0.29, 0.717) is 12.2 Å². The number of esters is 1. The van der Waals surface area contributed by atoms with E-state index in [2.05, 4.69) is 25.0 Å². The quantitative estimate of drug-likeness (QED) is 0.359. The summed E-state index contributed by atoms with van der Waals surface area (Å²) in [6.07, 6.45) is 4.01. The van der Waals surface area contributed by atoms with Crippen LogP contribution in [0, 0.1) is 11.8 Å². The second kappa shape index (κ2) is 6.77. The smallest absolute Gasteiger partial charge is 0.308 e. The van der Waals surface area contributed by atoms with E-state index in [9.17, 15) is 4.79 Å². The molecular formula is C18H20O2. The summed E-state index contributed by atoms with van der Waals surface area (Å²) in [5.41, 5.74) is 1.71. The first-order valence-electron chi connectivity index (χ1n) is 6.47.